The molecule has 122 valence electrons. The van der Waals surface area contributed by atoms with Crippen molar-refractivity contribution < 1.29 is 23.4 Å². The van der Waals surface area contributed by atoms with Crippen molar-refractivity contribution in [2.45, 2.75) is 12.2 Å². The molecule has 2 aromatic rings. The quantitative estimate of drug-likeness (QED) is 0.859. The Morgan fingerprint density at radius 2 is 1.74 bits per heavy atom. The Balaban J connectivity index is 2.03. The number of amides is 1. The first-order valence-corrected chi connectivity index (χ1v) is 7.02. The third kappa shape index (κ3) is 4.12. The number of aliphatic hydroxyl groups excluding tert-OH is 1. The van der Waals surface area contributed by atoms with Gasteiger partial charge in [-0.2, -0.15) is 0 Å². The van der Waals surface area contributed by atoms with E-state index in [0.717, 1.165) is 12.1 Å². The van der Waals surface area contributed by atoms with Gasteiger partial charge in [-0.3, -0.25) is 4.79 Å². The number of carbonyl (C=O) groups excluding carboxylic acids is 1. The Bertz CT molecular complexity index is 644. The zero-order chi connectivity index (χ0) is 16.8. The summed E-state index contributed by atoms with van der Waals surface area (Å²) in [4.78, 5) is 12.1. The van der Waals surface area contributed by atoms with Crippen LogP contribution in [0.25, 0.3) is 0 Å². The maximum Gasteiger partial charge on any atom is 0.253 e. The Hall–Kier alpha value is -2.31. The zero-order valence-corrected chi connectivity index (χ0v) is 12.5. The minimum Gasteiger partial charge on any atom is -0.386 e. The second-order valence-corrected chi connectivity index (χ2v) is 4.92. The van der Waals surface area contributed by atoms with Crippen LogP contribution in [-0.4, -0.2) is 24.7 Å². The third-order valence-electron chi connectivity index (χ3n) is 3.38. The molecule has 4 nitrogen and oxygen atoms in total. The van der Waals surface area contributed by atoms with Crippen molar-refractivity contribution in [3.8, 4) is 0 Å². The van der Waals surface area contributed by atoms with Crippen LogP contribution in [0.5, 0.6) is 0 Å². The highest BCUT2D eigenvalue weighted by atomic mass is 19.1. The normalized spacial score (nSPS) is 13.4. The Morgan fingerprint density at radius 3 is 2.30 bits per heavy atom. The molecule has 0 spiro atoms. The number of benzene rings is 2. The molecule has 0 aromatic heterocycles. The molecule has 0 heterocycles. The molecule has 0 saturated carbocycles. The van der Waals surface area contributed by atoms with Crippen molar-refractivity contribution >= 4 is 5.91 Å². The molecular formula is C17H17F2NO3. The van der Waals surface area contributed by atoms with E-state index in [1.807, 2.05) is 0 Å². The van der Waals surface area contributed by atoms with E-state index in [1.54, 1.807) is 30.3 Å². The van der Waals surface area contributed by atoms with E-state index in [4.69, 9.17) is 4.74 Å². The standard InChI is InChI=1S/C17H17F2NO3/c1-23-16(11-6-3-2-4-7-11)17(22)20-10-14(21)15-12(18)8-5-9-13(15)19/h2-9,14,16,21H,10H2,1H3,(H,20,22). The van der Waals surface area contributed by atoms with Crippen LogP contribution in [0.3, 0.4) is 0 Å². The minimum atomic E-state index is -1.49. The maximum absolute atomic E-state index is 13.6. The van der Waals surface area contributed by atoms with Gasteiger partial charge in [-0.15, -0.1) is 0 Å². The zero-order valence-electron chi connectivity index (χ0n) is 12.5. The van der Waals surface area contributed by atoms with Crippen molar-refractivity contribution in [2.24, 2.45) is 0 Å². The minimum absolute atomic E-state index is 0.330. The van der Waals surface area contributed by atoms with Crippen molar-refractivity contribution in [3.05, 3.63) is 71.3 Å². The summed E-state index contributed by atoms with van der Waals surface area (Å²) in [6, 6.07) is 12.1. The van der Waals surface area contributed by atoms with Gasteiger partial charge in [0, 0.05) is 13.7 Å². The van der Waals surface area contributed by atoms with E-state index < -0.39 is 35.3 Å². The van der Waals surface area contributed by atoms with Gasteiger partial charge in [-0.1, -0.05) is 36.4 Å². The Kier molecular flexibility index (Phi) is 5.78. The van der Waals surface area contributed by atoms with Crippen LogP contribution in [0.2, 0.25) is 0 Å². The SMILES string of the molecule is COC(C(=O)NCC(O)c1c(F)cccc1F)c1ccccc1. The summed E-state index contributed by atoms with van der Waals surface area (Å²) in [6.45, 7) is -0.330. The number of nitrogens with one attached hydrogen (secondary N) is 1. The van der Waals surface area contributed by atoms with E-state index in [-0.39, 0.29) is 6.54 Å². The van der Waals surface area contributed by atoms with Gasteiger partial charge in [0.25, 0.3) is 5.91 Å². The number of hydrogen-bond acceptors (Lipinski definition) is 3. The van der Waals surface area contributed by atoms with Gasteiger partial charge in [-0.05, 0) is 17.7 Å². The molecule has 0 saturated heterocycles. The lowest BCUT2D eigenvalue weighted by atomic mass is 10.1. The number of aliphatic hydroxyl groups is 1. The van der Waals surface area contributed by atoms with Crippen LogP contribution in [0.4, 0.5) is 8.78 Å². The molecule has 1 amide bonds. The summed E-state index contributed by atoms with van der Waals surface area (Å²) in [7, 11) is 1.38. The summed E-state index contributed by atoms with van der Waals surface area (Å²) in [5.74, 6) is -2.23. The van der Waals surface area contributed by atoms with Crippen molar-refractivity contribution in [3.63, 3.8) is 0 Å². The predicted molar refractivity (Wildman–Crippen MR) is 80.5 cm³/mol. The van der Waals surface area contributed by atoms with Gasteiger partial charge in [0.1, 0.15) is 17.7 Å². The smallest absolute Gasteiger partial charge is 0.253 e. The van der Waals surface area contributed by atoms with E-state index in [1.165, 1.54) is 13.2 Å². The number of ether oxygens (including phenoxy) is 1. The largest absolute Gasteiger partial charge is 0.386 e. The summed E-state index contributed by atoms with van der Waals surface area (Å²) >= 11 is 0. The predicted octanol–water partition coefficient (Wildman–Crippen LogP) is 2.50. The molecule has 0 aliphatic heterocycles. The highest BCUT2D eigenvalue weighted by molar-refractivity contribution is 5.82. The van der Waals surface area contributed by atoms with Gasteiger partial charge < -0.3 is 15.2 Å². The first kappa shape index (κ1) is 17.1. The lowest BCUT2D eigenvalue weighted by molar-refractivity contribution is -0.131. The van der Waals surface area contributed by atoms with Crippen LogP contribution in [0.1, 0.15) is 23.3 Å². The number of halogens is 2. The third-order valence-corrected chi connectivity index (χ3v) is 3.38. The monoisotopic (exact) mass is 321 g/mol. The van der Waals surface area contributed by atoms with Gasteiger partial charge in [0.15, 0.2) is 6.10 Å². The molecule has 23 heavy (non-hydrogen) atoms. The number of rotatable bonds is 6. The molecule has 0 radical (unpaired) electrons. The second kappa shape index (κ2) is 7.80. The lowest BCUT2D eigenvalue weighted by Crippen LogP contribution is -2.34. The van der Waals surface area contributed by atoms with Crippen LogP contribution >= 0.6 is 0 Å². The lowest BCUT2D eigenvalue weighted by Gasteiger charge is -2.18. The molecule has 2 aromatic carbocycles. The Morgan fingerprint density at radius 1 is 1.13 bits per heavy atom. The molecule has 2 atom stereocenters. The van der Waals surface area contributed by atoms with E-state index in [2.05, 4.69) is 5.32 Å². The summed E-state index contributed by atoms with van der Waals surface area (Å²) in [5, 5.41) is 12.4. The average Bonchev–Trinajstić information content (AvgIpc) is 2.54. The van der Waals surface area contributed by atoms with Crippen molar-refractivity contribution in [2.75, 3.05) is 13.7 Å². The topological polar surface area (TPSA) is 58.6 Å². The second-order valence-electron chi connectivity index (χ2n) is 4.92. The summed E-state index contributed by atoms with van der Waals surface area (Å²) < 4.78 is 32.3. The fourth-order valence-corrected chi connectivity index (χ4v) is 2.24. The van der Waals surface area contributed by atoms with Crippen LogP contribution in [0, 0.1) is 11.6 Å². The summed E-state index contributed by atoms with van der Waals surface area (Å²) in [5.41, 5.74) is 0.167. The highest BCUT2D eigenvalue weighted by Crippen LogP contribution is 2.21. The van der Waals surface area contributed by atoms with E-state index in [0.29, 0.717) is 5.56 Å². The van der Waals surface area contributed by atoms with E-state index in [9.17, 15) is 18.7 Å². The van der Waals surface area contributed by atoms with E-state index >= 15 is 0 Å². The van der Waals surface area contributed by atoms with Crippen LogP contribution in [0.15, 0.2) is 48.5 Å². The maximum atomic E-state index is 13.6. The fraction of sp³-hybridized carbons (Fsp3) is 0.235. The molecule has 2 unspecified atom stereocenters. The van der Waals surface area contributed by atoms with Gasteiger partial charge >= 0.3 is 0 Å². The van der Waals surface area contributed by atoms with Crippen LogP contribution < -0.4 is 5.32 Å². The van der Waals surface area contributed by atoms with Crippen molar-refractivity contribution in [1.82, 2.24) is 5.32 Å². The molecule has 0 fully saturated rings. The van der Waals surface area contributed by atoms with Gasteiger partial charge in [0.2, 0.25) is 0 Å². The van der Waals surface area contributed by atoms with Crippen molar-refractivity contribution in [1.29, 1.82) is 0 Å². The molecule has 2 N–H and O–H groups in total. The Labute approximate surface area is 132 Å². The molecule has 0 aliphatic rings. The average molecular weight is 321 g/mol. The van der Waals surface area contributed by atoms with Gasteiger partial charge in [-0.25, -0.2) is 8.78 Å². The first-order chi connectivity index (χ1) is 11.0. The fourth-order valence-electron chi connectivity index (χ4n) is 2.24. The van der Waals surface area contributed by atoms with Crippen LogP contribution in [-0.2, 0) is 9.53 Å². The number of carbonyl (C=O) groups is 1. The number of hydrogen-bond donors (Lipinski definition) is 2. The molecular weight excluding hydrogens is 304 g/mol. The molecule has 6 heteroatoms. The molecule has 2 rings (SSSR count). The number of methoxy groups -OCH3 is 1. The van der Waals surface area contributed by atoms with Gasteiger partial charge in [0.05, 0.1) is 5.56 Å². The highest BCUT2D eigenvalue weighted by Gasteiger charge is 2.23. The first-order valence-electron chi connectivity index (χ1n) is 7.02. The molecule has 0 bridgehead atoms. The molecule has 0 aliphatic carbocycles. The summed E-state index contributed by atoms with van der Waals surface area (Å²) in [6.07, 6.45) is -2.36.